The number of alkyl carbamates (subject to hydrolysis) is 1. The highest BCUT2D eigenvalue weighted by Gasteiger charge is 2.32. The molecule has 1 aliphatic heterocycles. The molecule has 1 amide bonds. The Morgan fingerprint density at radius 3 is 2.71 bits per heavy atom. The fraction of sp³-hybridized carbons (Fsp3) is 0.818. The molecular formula is C11H19NO5. The van der Waals surface area contributed by atoms with Crippen LogP contribution in [0.1, 0.15) is 27.2 Å². The fourth-order valence-corrected chi connectivity index (χ4v) is 1.56. The quantitative estimate of drug-likeness (QED) is 0.704. The van der Waals surface area contributed by atoms with Crippen molar-refractivity contribution in [1.82, 2.24) is 5.32 Å². The lowest BCUT2D eigenvalue weighted by Crippen LogP contribution is -2.45. The molecule has 2 N–H and O–H groups in total. The highest BCUT2D eigenvalue weighted by Crippen LogP contribution is 2.18. The third-order valence-electron chi connectivity index (χ3n) is 2.36. The van der Waals surface area contributed by atoms with Crippen LogP contribution >= 0.6 is 0 Å². The monoisotopic (exact) mass is 245 g/mol. The molecule has 0 radical (unpaired) electrons. The van der Waals surface area contributed by atoms with Gasteiger partial charge in [0.15, 0.2) is 0 Å². The van der Waals surface area contributed by atoms with Crippen molar-refractivity contribution in [3.63, 3.8) is 0 Å². The molecule has 17 heavy (non-hydrogen) atoms. The van der Waals surface area contributed by atoms with E-state index in [4.69, 9.17) is 9.47 Å². The SMILES string of the molecule is CC(C)(C)OC(=O)NC(CO)C1COC(=O)C1. The molecule has 0 saturated carbocycles. The summed E-state index contributed by atoms with van der Waals surface area (Å²) >= 11 is 0. The van der Waals surface area contributed by atoms with Crippen molar-refractivity contribution in [2.75, 3.05) is 13.2 Å². The first-order chi connectivity index (χ1) is 7.81. The maximum Gasteiger partial charge on any atom is 0.407 e. The zero-order valence-electron chi connectivity index (χ0n) is 10.4. The van der Waals surface area contributed by atoms with Gasteiger partial charge in [-0.25, -0.2) is 4.79 Å². The first kappa shape index (κ1) is 13.8. The molecule has 0 bridgehead atoms. The largest absolute Gasteiger partial charge is 0.465 e. The average molecular weight is 245 g/mol. The molecule has 6 heteroatoms. The van der Waals surface area contributed by atoms with Gasteiger partial charge in [0.05, 0.1) is 25.7 Å². The van der Waals surface area contributed by atoms with Gasteiger partial charge in [-0.2, -0.15) is 0 Å². The summed E-state index contributed by atoms with van der Waals surface area (Å²) in [6.45, 7) is 5.23. The maximum atomic E-state index is 11.5. The van der Waals surface area contributed by atoms with Gasteiger partial charge in [-0.1, -0.05) is 0 Å². The number of aliphatic hydroxyl groups is 1. The molecule has 1 rings (SSSR count). The molecule has 1 fully saturated rings. The maximum absolute atomic E-state index is 11.5. The van der Waals surface area contributed by atoms with Gasteiger partial charge in [-0.3, -0.25) is 4.79 Å². The number of amides is 1. The fourth-order valence-electron chi connectivity index (χ4n) is 1.56. The van der Waals surface area contributed by atoms with E-state index in [0.29, 0.717) is 0 Å². The second-order valence-electron chi connectivity index (χ2n) is 5.08. The van der Waals surface area contributed by atoms with Gasteiger partial charge in [0.25, 0.3) is 0 Å². The summed E-state index contributed by atoms with van der Waals surface area (Å²) in [7, 11) is 0. The van der Waals surface area contributed by atoms with Crippen molar-refractivity contribution in [3.05, 3.63) is 0 Å². The van der Waals surface area contributed by atoms with Crippen LogP contribution in [0.25, 0.3) is 0 Å². The number of ether oxygens (including phenoxy) is 2. The molecule has 1 aliphatic rings. The summed E-state index contributed by atoms with van der Waals surface area (Å²) in [5, 5.41) is 11.7. The lowest BCUT2D eigenvalue weighted by molar-refractivity contribution is -0.137. The Kier molecular flexibility index (Phi) is 4.34. The Bertz CT molecular complexity index is 297. The van der Waals surface area contributed by atoms with Crippen LogP contribution in [0, 0.1) is 5.92 Å². The number of hydrogen-bond acceptors (Lipinski definition) is 5. The number of nitrogens with one attached hydrogen (secondary N) is 1. The number of hydrogen-bond donors (Lipinski definition) is 2. The first-order valence-electron chi connectivity index (χ1n) is 5.58. The topological polar surface area (TPSA) is 84.9 Å². The molecule has 0 aliphatic carbocycles. The van der Waals surface area contributed by atoms with Gasteiger partial charge < -0.3 is 19.9 Å². The smallest absolute Gasteiger partial charge is 0.407 e. The summed E-state index contributed by atoms with van der Waals surface area (Å²) in [6.07, 6.45) is -0.392. The number of carbonyl (C=O) groups excluding carboxylic acids is 2. The molecule has 6 nitrogen and oxygen atoms in total. The van der Waals surface area contributed by atoms with Crippen molar-refractivity contribution in [2.45, 2.75) is 38.8 Å². The van der Waals surface area contributed by atoms with E-state index in [0.717, 1.165) is 0 Å². The molecule has 0 spiro atoms. The van der Waals surface area contributed by atoms with Crippen LogP contribution in [0.5, 0.6) is 0 Å². The van der Waals surface area contributed by atoms with Gasteiger partial charge in [-0.15, -0.1) is 0 Å². The Hall–Kier alpha value is -1.30. The minimum absolute atomic E-state index is 0.194. The summed E-state index contributed by atoms with van der Waals surface area (Å²) in [5.41, 5.74) is -0.591. The van der Waals surface area contributed by atoms with Crippen LogP contribution in [-0.2, 0) is 14.3 Å². The standard InChI is InChI=1S/C11H19NO5/c1-11(2,3)17-10(15)12-8(5-13)7-4-9(14)16-6-7/h7-8,13H,4-6H2,1-3H3,(H,12,15). The van der Waals surface area contributed by atoms with E-state index in [1.807, 2.05) is 0 Å². The Morgan fingerprint density at radius 2 is 2.29 bits per heavy atom. The van der Waals surface area contributed by atoms with Crippen LogP contribution in [-0.4, -0.2) is 42.0 Å². The van der Waals surface area contributed by atoms with Crippen LogP contribution < -0.4 is 5.32 Å². The highest BCUT2D eigenvalue weighted by atomic mass is 16.6. The molecular weight excluding hydrogens is 226 g/mol. The Balaban J connectivity index is 2.47. The summed E-state index contributed by atoms with van der Waals surface area (Å²) in [6, 6.07) is -0.517. The van der Waals surface area contributed by atoms with Gasteiger partial charge >= 0.3 is 12.1 Å². The third kappa shape index (κ3) is 4.60. The van der Waals surface area contributed by atoms with Gasteiger partial charge in [0, 0.05) is 5.92 Å². The van der Waals surface area contributed by atoms with Crippen LogP contribution in [0.4, 0.5) is 4.79 Å². The zero-order valence-corrected chi connectivity index (χ0v) is 10.4. The first-order valence-corrected chi connectivity index (χ1v) is 5.58. The molecule has 2 atom stereocenters. The van der Waals surface area contributed by atoms with E-state index in [1.54, 1.807) is 20.8 Å². The van der Waals surface area contributed by atoms with Crippen molar-refractivity contribution in [1.29, 1.82) is 0 Å². The molecule has 0 aromatic carbocycles. The van der Waals surface area contributed by atoms with Gasteiger partial charge in [0.1, 0.15) is 5.60 Å². The lowest BCUT2D eigenvalue weighted by Gasteiger charge is -2.24. The van der Waals surface area contributed by atoms with Gasteiger partial charge in [-0.05, 0) is 20.8 Å². The van der Waals surface area contributed by atoms with Crippen LogP contribution in [0.15, 0.2) is 0 Å². The van der Waals surface area contributed by atoms with E-state index in [-0.39, 0.29) is 31.5 Å². The molecule has 98 valence electrons. The number of rotatable bonds is 3. The van der Waals surface area contributed by atoms with Crippen LogP contribution in [0.3, 0.4) is 0 Å². The Labute approximate surface area is 100 Å². The number of aliphatic hydroxyl groups excluding tert-OH is 1. The third-order valence-corrected chi connectivity index (χ3v) is 2.36. The summed E-state index contributed by atoms with van der Waals surface area (Å²) in [5.74, 6) is -0.501. The molecule has 2 unspecified atom stereocenters. The minimum Gasteiger partial charge on any atom is -0.465 e. The highest BCUT2D eigenvalue weighted by molar-refractivity contribution is 5.72. The van der Waals surface area contributed by atoms with Crippen molar-refractivity contribution < 1.29 is 24.2 Å². The zero-order chi connectivity index (χ0) is 13.1. The number of cyclic esters (lactones) is 1. The summed E-state index contributed by atoms with van der Waals surface area (Å²) in [4.78, 5) is 22.4. The van der Waals surface area contributed by atoms with Crippen molar-refractivity contribution >= 4 is 12.1 Å². The van der Waals surface area contributed by atoms with Crippen LogP contribution in [0.2, 0.25) is 0 Å². The van der Waals surface area contributed by atoms with Crippen molar-refractivity contribution in [2.24, 2.45) is 5.92 Å². The number of carbonyl (C=O) groups is 2. The summed E-state index contributed by atoms with van der Waals surface area (Å²) < 4.78 is 9.86. The second kappa shape index (κ2) is 5.35. The van der Waals surface area contributed by atoms with E-state index < -0.39 is 17.7 Å². The average Bonchev–Trinajstić information content (AvgIpc) is 2.58. The Morgan fingerprint density at radius 1 is 1.65 bits per heavy atom. The van der Waals surface area contributed by atoms with E-state index in [9.17, 15) is 14.7 Å². The van der Waals surface area contributed by atoms with E-state index >= 15 is 0 Å². The lowest BCUT2D eigenvalue weighted by atomic mass is 10.00. The number of esters is 1. The molecule has 0 aromatic heterocycles. The predicted molar refractivity (Wildman–Crippen MR) is 59.3 cm³/mol. The molecule has 1 saturated heterocycles. The second-order valence-corrected chi connectivity index (χ2v) is 5.08. The normalized spacial score (nSPS) is 21.9. The molecule has 0 aromatic rings. The van der Waals surface area contributed by atoms with E-state index in [1.165, 1.54) is 0 Å². The predicted octanol–water partition coefficient (Wildman–Crippen LogP) is 0.435. The van der Waals surface area contributed by atoms with E-state index in [2.05, 4.69) is 5.32 Å². The molecule has 1 heterocycles. The minimum atomic E-state index is -0.601. The van der Waals surface area contributed by atoms with Gasteiger partial charge in [0.2, 0.25) is 0 Å². The van der Waals surface area contributed by atoms with Crippen molar-refractivity contribution in [3.8, 4) is 0 Å².